The lowest BCUT2D eigenvalue weighted by molar-refractivity contribution is -0.140. The van der Waals surface area contributed by atoms with Crippen LogP contribution in [0.2, 0.25) is 0 Å². The van der Waals surface area contributed by atoms with E-state index in [-0.39, 0.29) is 0 Å². The summed E-state index contributed by atoms with van der Waals surface area (Å²) in [5.74, 6) is 0. The number of unbranched alkanes of at least 4 members (excludes halogenated alkanes) is 3. The molecule has 0 spiro atoms. The first-order chi connectivity index (χ1) is 5.68. The predicted octanol–water partition coefficient (Wildman–Crippen LogP) is 2.47. The maximum Gasteiger partial charge on any atom is 0.329 e. The van der Waals surface area contributed by atoms with Crippen molar-refractivity contribution in [3.63, 3.8) is 0 Å². The Hall–Kier alpha value is -0.440. The fourth-order valence-electron chi connectivity index (χ4n) is 0.854. The molecule has 0 bridgehead atoms. The van der Waals surface area contributed by atoms with Crippen LogP contribution in [0, 0.1) is 0 Å². The van der Waals surface area contributed by atoms with E-state index in [4.69, 9.17) is 4.74 Å². The highest BCUT2D eigenvalue weighted by Gasteiger charge is 2.10. The Bertz CT molecular complexity index is 126. The van der Waals surface area contributed by atoms with Gasteiger partial charge in [0.2, 0.25) is 0 Å². The van der Waals surface area contributed by atoms with Gasteiger partial charge in [0, 0.05) is 6.61 Å². The molecule has 0 N–H and O–H groups in total. The summed E-state index contributed by atoms with van der Waals surface area (Å²) in [5, 5.41) is 0. The summed E-state index contributed by atoms with van der Waals surface area (Å²) in [6.45, 7) is 4.04. The Labute approximate surface area is 73.1 Å². The van der Waals surface area contributed by atoms with Gasteiger partial charge in [-0.15, -0.1) is 0 Å². The van der Waals surface area contributed by atoms with E-state index in [0.717, 1.165) is 19.3 Å². The molecule has 0 fully saturated rings. The van der Waals surface area contributed by atoms with Crippen LogP contribution in [-0.4, -0.2) is 18.7 Å². The summed E-state index contributed by atoms with van der Waals surface area (Å²) in [4.78, 5) is 10.1. The normalized spacial score (nSPS) is 12.9. The number of rotatable bonds is 7. The third-order valence-electron chi connectivity index (χ3n) is 1.69. The molecule has 12 heavy (non-hydrogen) atoms. The molecule has 3 heteroatoms. The van der Waals surface area contributed by atoms with Crippen LogP contribution >= 0.6 is 0 Å². The van der Waals surface area contributed by atoms with Gasteiger partial charge in [0.1, 0.15) is 6.10 Å². The molecule has 0 aromatic rings. The lowest BCUT2D eigenvalue weighted by Gasteiger charge is -2.06. The van der Waals surface area contributed by atoms with Crippen molar-refractivity contribution in [1.82, 2.24) is 0 Å². The van der Waals surface area contributed by atoms with Crippen molar-refractivity contribution in [3.8, 4) is 0 Å². The van der Waals surface area contributed by atoms with Crippen LogP contribution in [-0.2, 0) is 9.53 Å². The zero-order valence-corrected chi connectivity index (χ0v) is 7.81. The SMILES string of the molecule is CCCCCCOC(C)C(=O)F. The first-order valence-electron chi connectivity index (χ1n) is 4.49. The predicted molar refractivity (Wildman–Crippen MR) is 45.7 cm³/mol. The summed E-state index contributed by atoms with van der Waals surface area (Å²) >= 11 is 0. The molecule has 0 saturated carbocycles. The number of carbonyl (C=O) groups excluding carboxylic acids is 1. The Balaban J connectivity index is 3.14. The highest BCUT2D eigenvalue weighted by Crippen LogP contribution is 2.01. The summed E-state index contributed by atoms with van der Waals surface area (Å²) in [5.41, 5.74) is 0. The van der Waals surface area contributed by atoms with E-state index in [2.05, 4.69) is 6.92 Å². The first-order valence-corrected chi connectivity index (χ1v) is 4.49. The zero-order chi connectivity index (χ0) is 9.40. The molecular weight excluding hydrogens is 159 g/mol. The average Bonchev–Trinajstić information content (AvgIpc) is 2.03. The molecule has 0 radical (unpaired) electrons. The Morgan fingerprint density at radius 1 is 1.42 bits per heavy atom. The van der Waals surface area contributed by atoms with Crippen molar-refractivity contribution in [2.75, 3.05) is 6.61 Å². The monoisotopic (exact) mass is 176 g/mol. The van der Waals surface area contributed by atoms with Gasteiger partial charge < -0.3 is 4.74 Å². The smallest absolute Gasteiger partial charge is 0.329 e. The van der Waals surface area contributed by atoms with Gasteiger partial charge in [-0.3, -0.25) is 4.79 Å². The van der Waals surface area contributed by atoms with E-state index in [1.807, 2.05) is 0 Å². The molecule has 0 aromatic carbocycles. The van der Waals surface area contributed by atoms with Gasteiger partial charge in [-0.05, 0) is 13.3 Å². The zero-order valence-electron chi connectivity index (χ0n) is 7.81. The lowest BCUT2D eigenvalue weighted by atomic mass is 10.2. The van der Waals surface area contributed by atoms with E-state index in [1.165, 1.54) is 13.3 Å². The standard InChI is InChI=1S/C9H17FO2/c1-3-4-5-6-7-12-8(2)9(10)11/h8H,3-7H2,1-2H3. The van der Waals surface area contributed by atoms with Crippen LogP contribution in [0.3, 0.4) is 0 Å². The van der Waals surface area contributed by atoms with Gasteiger partial charge in [-0.2, -0.15) is 4.39 Å². The number of ether oxygens (including phenoxy) is 1. The molecule has 0 aliphatic carbocycles. The van der Waals surface area contributed by atoms with E-state index >= 15 is 0 Å². The molecule has 0 aliphatic rings. The van der Waals surface area contributed by atoms with Crippen LogP contribution in [0.25, 0.3) is 0 Å². The van der Waals surface area contributed by atoms with Crippen LogP contribution in [0.15, 0.2) is 0 Å². The van der Waals surface area contributed by atoms with Crippen LogP contribution in [0.1, 0.15) is 39.5 Å². The lowest BCUT2D eigenvalue weighted by Crippen LogP contribution is -2.16. The third-order valence-corrected chi connectivity index (χ3v) is 1.69. The fraction of sp³-hybridized carbons (Fsp3) is 0.889. The third kappa shape index (κ3) is 6.28. The molecule has 0 rings (SSSR count). The number of hydrogen-bond acceptors (Lipinski definition) is 2. The second kappa shape index (κ2) is 7.22. The van der Waals surface area contributed by atoms with Crippen molar-refractivity contribution in [2.45, 2.75) is 45.6 Å². The molecule has 2 nitrogen and oxygen atoms in total. The molecule has 1 atom stereocenters. The van der Waals surface area contributed by atoms with Crippen molar-refractivity contribution >= 4 is 6.04 Å². The minimum absolute atomic E-state index is 0.483. The second-order valence-electron chi connectivity index (χ2n) is 2.88. The minimum atomic E-state index is -1.38. The number of halogens is 1. The summed E-state index contributed by atoms with van der Waals surface area (Å²) in [6.07, 6.45) is 3.44. The summed E-state index contributed by atoms with van der Waals surface area (Å²) in [6, 6.07) is -1.38. The quantitative estimate of drug-likeness (QED) is 0.440. The van der Waals surface area contributed by atoms with E-state index in [0.29, 0.717) is 6.61 Å². The fourth-order valence-corrected chi connectivity index (χ4v) is 0.854. The van der Waals surface area contributed by atoms with Gasteiger partial charge in [0.25, 0.3) is 0 Å². The van der Waals surface area contributed by atoms with Gasteiger partial charge in [-0.25, -0.2) is 0 Å². The van der Waals surface area contributed by atoms with Crippen LogP contribution in [0.4, 0.5) is 4.39 Å². The molecule has 0 aliphatic heterocycles. The molecule has 1 unspecified atom stereocenters. The molecule has 0 saturated heterocycles. The Morgan fingerprint density at radius 2 is 2.08 bits per heavy atom. The average molecular weight is 176 g/mol. The second-order valence-corrected chi connectivity index (χ2v) is 2.88. The topological polar surface area (TPSA) is 26.3 Å². The van der Waals surface area contributed by atoms with Gasteiger partial charge in [-0.1, -0.05) is 26.2 Å². The Morgan fingerprint density at radius 3 is 2.58 bits per heavy atom. The maximum absolute atomic E-state index is 11.9. The molecule has 0 amide bonds. The number of hydrogen-bond donors (Lipinski definition) is 0. The van der Waals surface area contributed by atoms with Gasteiger partial charge in [0.05, 0.1) is 0 Å². The van der Waals surface area contributed by atoms with Crippen molar-refractivity contribution in [2.24, 2.45) is 0 Å². The van der Waals surface area contributed by atoms with E-state index in [1.54, 1.807) is 0 Å². The number of carbonyl (C=O) groups is 1. The van der Waals surface area contributed by atoms with Crippen LogP contribution in [0.5, 0.6) is 0 Å². The van der Waals surface area contributed by atoms with Gasteiger partial charge >= 0.3 is 6.04 Å². The van der Waals surface area contributed by atoms with E-state index < -0.39 is 12.1 Å². The summed E-state index contributed by atoms with van der Waals surface area (Å²) < 4.78 is 16.8. The highest BCUT2D eigenvalue weighted by atomic mass is 19.1. The maximum atomic E-state index is 11.9. The first kappa shape index (κ1) is 11.6. The summed E-state index contributed by atoms with van der Waals surface area (Å²) in [7, 11) is 0. The van der Waals surface area contributed by atoms with Crippen molar-refractivity contribution in [1.29, 1.82) is 0 Å². The molecular formula is C9H17FO2. The largest absolute Gasteiger partial charge is 0.368 e. The highest BCUT2D eigenvalue weighted by molar-refractivity contribution is 5.72. The molecule has 0 aromatic heterocycles. The molecule has 0 heterocycles. The Kier molecular flexibility index (Phi) is 6.96. The minimum Gasteiger partial charge on any atom is -0.368 e. The van der Waals surface area contributed by atoms with Crippen molar-refractivity contribution < 1.29 is 13.9 Å². The van der Waals surface area contributed by atoms with Crippen LogP contribution < -0.4 is 0 Å². The van der Waals surface area contributed by atoms with Gasteiger partial charge in [0.15, 0.2) is 0 Å². The van der Waals surface area contributed by atoms with E-state index in [9.17, 15) is 9.18 Å². The van der Waals surface area contributed by atoms with Crippen molar-refractivity contribution in [3.05, 3.63) is 0 Å². The molecule has 72 valence electrons.